The molecule has 1 aromatic heterocycles. The minimum Gasteiger partial charge on any atom is -0.224 e. The summed E-state index contributed by atoms with van der Waals surface area (Å²) in [6.45, 7) is 2.23. The first-order chi connectivity index (χ1) is 6.33. The maximum atomic E-state index is 5.73. The van der Waals surface area contributed by atoms with Gasteiger partial charge >= 0.3 is 0 Å². The summed E-state index contributed by atoms with van der Waals surface area (Å²) < 4.78 is 1.87. The quantitative estimate of drug-likeness (QED) is 0.703. The molecule has 2 heterocycles. The van der Waals surface area contributed by atoms with Crippen LogP contribution < -0.4 is 0 Å². The molecule has 0 aliphatic carbocycles. The maximum absolute atomic E-state index is 5.73. The summed E-state index contributed by atoms with van der Waals surface area (Å²) >= 11 is 7.68. The van der Waals surface area contributed by atoms with Crippen LogP contribution in [0.3, 0.4) is 0 Å². The van der Waals surface area contributed by atoms with Gasteiger partial charge in [0.2, 0.25) is 0 Å². The normalized spacial score (nSPS) is 28.2. The number of alkyl halides is 1. The van der Waals surface area contributed by atoms with Gasteiger partial charge in [-0.2, -0.15) is 11.8 Å². The number of nitrogens with zero attached hydrogens (tertiary/aromatic N) is 4. The Morgan fingerprint density at radius 2 is 2.46 bits per heavy atom. The van der Waals surface area contributed by atoms with E-state index in [0.717, 1.165) is 11.6 Å². The van der Waals surface area contributed by atoms with E-state index in [-0.39, 0.29) is 0 Å². The molecule has 0 bridgehead atoms. The van der Waals surface area contributed by atoms with Crippen LogP contribution >= 0.6 is 23.4 Å². The molecule has 0 spiro atoms. The molecular weight excluding hydrogens is 208 g/mol. The fraction of sp³-hybridized carbons (Fsp3) is 0.857. The van der Waals surface area contributed by atoms with E-state index < -0.39 is 0 Å². The Kier molecular flexibility index (Phi) is 2.74. The molecule has 0 saturated carbocycles. The highest BCUT2D eigenvalue weighted by Crippen LogP contribution is 2.33. The Hall–Kier alpha value is -0.290. The van der Waals surface area contributed by atoms with Crippen LogP contribution in [0.5, 0.6) is 0 Å². The van der Waals surface area contributed by atoms with Crippen molar-refractivity contribution in [2.24, 2.45) is 5.92 Å². The SMILES string of the molecule is CC1CSCC1n1nnnc1CCl. The molecule has 0 radical (unpaired) electrons. The molecule has 1 aliphatic rings. The van der Waals surface area contributed by atoms with Gasteiger partial charge in [0.1, 0.15) is 0 Å². The van der Waals surface area contributed by atoms with Gasteiger partial charge < -0.3 is 0 Å². The van der Waals surface area contributed by atoms with Crippen molar-refractivity contribution in [2.45, 2.75) is 18.8 Å². The van der Waals surface area contributed by atoms with E-state index in [9.17, 15) is 0 Å². The summed E-state index contributed by atoms with van der Waals surface area (Å²) in [5.41, 5.74) is 0. The van der Waals surface area contributed by atoms with Gasteiger partial charge in [-0.25, -0.2) is 4.68 Å². The largest absolute Gasteiger partial charge is 0.224 e. The molecule has 2 rings (SSSR count). The standard InChI is InChI=1S/C7H11ClN4S/c1-5-3-13-4-6(5)12-7(2-8)9-10-11-12/h5-6H,2-4H2,1H3. The second-order valence-electron chi connectivity index (χ2n) is 3.26. The van der Waals surface area contributed by atoms with Gasteiger partial charge in [0, 0.05) is 5.75 Å². The molecule has 0 amide bonds. The second-order valence-corrected chi connectivity index (χ2v) is 4.60. The zero-order chi connectivity index (χ0) is 9.26. The lowest BCUT2D eigenvalue weighted by atomic mass is 10.1. The summed E-state index contributed by atoms with van der Waals surface area (Å²) in [5, 5.41) is 11.5. The minimum atomic E-state index is 0.390. The van der Waals surface area contributed by atoms with E-state index in [2.05, 4.69) is 22.4 Å². The van der Waals surface area contributed by atoms with Gasteiger partial charge in [-0.1, -0.05) is 6.92 Å². The van der Waals surface area contributed by atoms with E-state index in [4.69, 9.17) is 11.6 Å². The van der Waals surface area contributed by atoms with Gasteiger partial charge in [-0.05, 0) is 22.1 Å². The van der Waals surface area contributed by atoms with E-state index >= 15 is 0 Å². The van der Waals surface area contributed by atoms with Gasteiger partial charge in [-0.15, -0.1) is 16.7 Å². The van der Waals surface area contributed by atoms with Crippen LogP contribution in [0.1, 0.15) is 18.8 Å². The summed E-state index contributed by atoms with van der Waals surface area (Å²) in [6.07, 6.45) is 0. The molecule has 1 saturated heterocycles. The highest BCUT2D eigenvalue weighted by molar-refractivity contribution is 7.99. The highest BCUT2D eigenvalue weighted by Gasteiger charge is 2.28. The van der Waals surface area contributed by atoms with Gasteiger partial charge in [0.15, 0.2) is 5.82 Å². The van der Waals surface area contributed by atoms with Crippen LogP contribution in [-0.4, -0.2) is 31.7 Å². The number of rotatable bonds is 2. The first-order valence-corrected chi connectivity index (χ1v) is 5.92. The van der Waals surface area contributed by atoms with Crippen molar-refractivity contribution < 1.29 is 0 Å². The molecule has 2 atom stereocenters. The van der Waals surface area contributed by atoms with Crippen LogP contribution in [0.2, 0.25) is 0 Å². The van der Waals surface area contributed by atoms with Crippen molar-refractivity contribution in [3.8, 4) is 0 Å². The van der Waals surface area contributed by atoms with Gasteiger partial charge in [-0.3, -0.25) is 0 Å². The summed E-state index contributed by atoms with van der Waals surface area (Å²) in [4.78, 5) is 0. The molecule has 0 N–H and O–H groups in total. The lowest BCUT2D eigenvalue weighted by Crippen LogP contribution is -2.18. The summed E-state index contributed by atoms with van der Waals surface area (Å²) in [7, 11) is 0. The molecular formula is C7H11ClN4S. The van der Waals surface area contributed by atoms with Crippen molar-refractivity contribution in [3.05, 3.63) is 5.82 Å². The van der Waals surface area contributed by atoms with Crippen molar-refractivity contribution in [2.75, 3.05) is 11.5 Å². The third-order valence-corrected chi connectivity index (χ3v) is 3.90. The molecule has 1 aromatic rings. The van der Waals surface area contributed by atoms with E-state index in [0.29, 0.717) is 17.8 Å². The van der Waals surface area contributed by atoms with Crippen molar-refractivity contribution in [1.82, 2.24) is 20.2 Å². The second kappa shape index (κ2) is 3.84. The third kappa shape index (κ3) is 1.67. The third-order valence-electron chi connectivity index (χ3n) is 2.32. The Morgan fingerprint density at radius 3 is 3.08 bits per heavy atom. The summed E-state index contributed by atoms with van der Waals surface area (Å²) in [6, 6.07) is 0.425. The first-order valence-electron chi connectivity index (χ1n) is 4.23. The Labute approximate surface area is 86.0 Å². The molecule has 2 unspecified atom stereocenters. The van der Waals surface area contributed by atoms with Crippen molar-refractivity contribution >= 4 is 23.4 Å². The van der Waals surface area contributed by atoms with Crippen LogP contribution in [-0.2, 0) is 5.88 Å². The molecule has 13 heavy (non-hydrogen) atoms. The van der Waals surface area contributed by atoms with E-state index in [1.807, 2.05) is 16.4 Å². The van der Waals surface area contributed by atoms with Crippen LogP contribution in [0, 0.1) is 5.92 Å². The number of tetrazole rings is 1. The molecule has 1 fully saturated rings. The van der Waals surface area contributed by atoms with Gasteiger partial charge in [0.25, 0.3) is 0 Å². The minimum absolute atomic E-state index is 0.390. The Morgan fingerprint density at radius 1 is 1.62 bits per heavy atom. The lowest BCUT2D eigenvalue weighted by Gasteiger charge is -2.14. The smallest absolute Gasteiger partial charge is 0.166 e. The Balaban J connectivity index is 2.23. The fourth-order valence-electron chi connectivity index (χ4n) is 1.52. The molecule has 1 aliphatic heterocycles. The van der Waals surface area contributed by atoms with E-state index in [1.165, 1.54) is 5.75 Å². The van der Waals surface area contributed by atoms with Gasteiger partial charge in [0.05, 0.1) is 11.9 Å². The molecule has 4 nitrogen and oxygen atoms in total. The monoisotopic (exact) mass is 218 g/mol. The lowest BCUT2D eigenvalue weighted by molar-refractivity contribution is 0.385. The van der Waals surface area contributed by atoms with Crippen molar-refractivity contribution in [3.63, 3.8) is 0 Å². The zero-order valence-electron chi connectivity index (χ0n) is 7.35. The predicted octanol–water partition coefficient (Wildman–Crippen LogP) is 1.34. The number of halogens is 1. The number of hydrogen-bond acceptors (Lipinski definition) is 4. The van der Waals surface area contributed by atoms with Crippen LogP contribution in [0.25, 0.3) is 0 Å². The average molecular weight is 219 g/mol. The molecule has 0 aromatic carbocycles. The number of aromatic nitrogens is 4. The maximum Gasteiger partial charge on any atom is 0.166 e. The van der Waals surface area contributed by atoms with Crippen molar-refractivity contribution in [1.29, 1.82) is 0 Å². The topological polar surface area (TPSA) is 43.6 Å². The first kappa shape index (κ1) is 9.27. The number of thioether (sulfide) groups is 1. The summed E-state index contributed by atoms with van der Waals surface area (Å²) in [5.74, 6) is 4.08. The van der Waals surface area contributed by atoms with E-state index in [1.54, 1.807) is 0 Å². The molecule has 72 valence electrons. The zero-order valence-corrected chi connectivity index (χ0v) is 8.92. The molecule has 6 heteroatoms. The van der Waals surface area contributed by atoms with Crippen LogP contribution in [0.15, 0.2) is 0 Å². The Bertz CT molecular complexity index is 290. The average Bonchev–Trinajstić information content (AvgIpc) is 2.71. The van der Waals surface area contributed by atoms with Crippen LogP contribution in [0.4, 0.5) is 0 Å². The highest BCUT2D eigenvalue weighted by atomic mass is 35.5. The fourth-order valence-corrected chi connectivity index (χ4v) is 3.14. The number of hydrogen-bond donors (Lipinski definition) is 0. The predicted molar refractivity (Wildman–Crippen MR) is 52.9 cm³/mol.